The van der Waals surface area contributed by atoms with Crippen LogP contribution in [0, 0.1) is 0 Å². The van der Waals surface area contributed by atoms with Crippen LogP contribution in [0.5, 0.6) is 0 Å². The van der Waals surface area contributed by atoms with E-state index in [1.165, 1.54) is 4.57 Å². The highest BCUT2D eigenvalue weighted by Gasteiger charge is 2.34. The average molecular weight is 445 g/mol. The van der Waals surface area contributed by atoms with Gasteiger partial charge in [-0.05, 0) is 37.3 Å². The second-order valence-corrected chi connectivity index (χ2v) is 8.97. The number of nitrogens with zero attached hydrogens (tertiary/aromatic N) is 2. The number of aliphatic hydroxyl groups excluding tert-OH is 1. The van der Waals surface area contributed by atoms with Gasteiger partial charge in [-0.25, -0.2) is 0 Å². The summed E-state index contributed by atoms with van der Waals surface area (Å²) in [4.78, 5) is 18.0. The van der Waals surface area contributed by atoms with Gasteiger partial charge in [0.2, 0.25) is 11.7 Å². The maximum absolute atomic E-state index is 13.4. The van der Waals surface area contributed by atoms with Crippen LogP contribution < -0.4 is 16.6 Å². The lowest BCUT2D eigenvalue weighted by molar-refractivity contribution is 0.253. The second-order valence-electron chi connectivity index (χ2n) is 8.97. The first kappa shape index (κ1) is 21.4. The minimum atomic E-state index is -0.258. The summed E-state index contributed by atoms with van der Waals surface area (Å²) in [6, 6.07) is 17.6. The minimum Gasteiger partial charge on any atom is -0.437 e. The molecule has 0 bridgehead atoms. The van der Waals surface area contributed by atoms with Crippen LogP contribution in [-0.2, 0) is 12.6 Å². The monoisotopic (exact) mass is 444 g/mol. The third kappa shape index (κ3) is 3.63. The van der Waals surface area contributed by atoms with Crippen molar-refractivity contribution in [3.05, 3.63) is 70.5 Å². The number of rotatable bonds is 6. The lowest BCUT2D eigenvalue weighted by Gasteiger charge is -2.38. The van der Waals surface area contributed by atoms with Crippen LogP contribution in [0.15, 0.2) is 63.8 Å². The van der Waals surface area contributed by atoms with Crippen molar-refractivity contribution < 1.29 is 9.52 Å². The molecule has 5 rings (SSSR count). The van der Waals surface area contributed by atoms with Crippen molar-refractivity contribution in [2.24, 2.45) is 12.8 Å². The van der Waals surface area contributed by atoms with E-state index in [1.807, 2.05) is 49.4 Å². The zero-order chi connectivity index (χ0) is 23.2. The van der Waals surface area contributed by atoms with Gasteiger partial charge in [-0.3, -0.25) is 9.36 Å². The van der Waals surface area contributed by atoms with Crippen molar-refractivity contribution in [1.29, 1.82) is 0 Å². The third-order valence-electron chi connectivity index (χ3n) is 6.61. The molecule has 0 radical (unpaired) electrons. The molecule has 2 heterocycles. The Kier molecular flexibility index (Phi) is 5.31. The Bertz CT molecular complexity index is 1350. The minimum absolute atomic E-state index is 0.0818. The fraction of sp³-hybridized carbons (Fsp3) is 0.308. The van der Waals surface area contributed by atoms with Crippen molar-refractivity contribution in [2.45, 2.75) is 37.8 Å². The molecule has 33 heavy (non-hydrogen) atoms. The van der Waals surface area contributed by atoms with E-state index in [9.17, 15) is 9.90 Å². The standard InChI is InChI=1S/C26H28N4O3/c1-16(15-31)28-25-29-23-21(24(32)30(25)2)20(17-7-4-3-5-8-17)22(33-23)18-9-11-19(12-10-18)26(27)13-6-14-26/h3-5,7-12,16,31H,6,13-15,27H2,1-2H3,(H,28,29). The van der Waals surface area contributed by atoms with Gasteiger partial charge in [0, 0.05) is 29.8 Å². The first-order chi connectivity index (χ1) is 15.9. The number of hydrogen-bond acceptors (Lipinski definition) is 6. The number of nitrogens with one attached hydrogen (secondary N) is 1. The van der Waals surface area contributed by atoms with Crippen LogP contribution >= 0.6 is 0 Å². The maximum atomic E-state index is 13.4. The first-order valence-corrected chi connectivity index (χ1v) is 11.3. The van der Waals surface area contributed by atoms with Gasteiger partial charge >= 0.3 is 0 Å². The molecule has 0 aliphatic heterocycles. The van der Waals surface area contributed by atoms with Gasteiger partial charge in [-0.2, -0.15) is 4.98 Å². The highest BCUT2D eigenvalue weighted by molar-refractivity contribution is 6.00. The molecule has 1 atom stereocenters. The Morgan fingerprint density at radius 2 is 1.85 bits per heavy atom. The normalized spacial score (nSPS) is 15.9. The molecule has 4 N–H and O–H groups in total. The zero-order valence-electron chi connectivity index (χ0n) is 18.8. The molecule has 0 saturated heterocycles. The van der Waals surface area contributed by atoms with Gasteiger partial charge in [-0.15, -0.1) is 0 Å². The zero-order valence-corrected chi connectivity index (χ0v) is 18.8. The summed E-state index contributed by atoms with van der Waals surface area (Å²) in [6.07, 6.45) is 3.14. The fourth-order valence-electron chi connectivity index (χ4n) is 4.41. The van der Waals surface area contributed by atoms with E-state index >= 15 is 0 Å². The SMILES string of the molecule is CC(CO)Nc1nc2oc(-c3ccc(C4(N)CCC4)cc3)c(-c3ccccc3)c2c(=O)n1C. The molecular formula is C26H28N4O3. The molecule has 1 fully saturated rings. The summed E-state index contributed by atoms with van der Waals surface area (Å²) in [7, 11) is 1.66. The van der Waals surface area contributed by atoms with Crippen LogP contribution in [0.4, 0.5) is 5.95 Å². The summed E-state index contributed by atoms with van der Waals surface area (Å²) < 4.78 is 7.70. The lowest BCUT2D eigenvalue weighted by atomic mass is 9.72. The van der Waals surface area contributed by atoms with Crippen molar-refractivity contribution in [3.63, 3.8) is 0 Å². The Labute approximate surface area is 191 Å². The van der Waals surface area contributed by atoms with Crippen LogP contribution in [0.2, 0.25) is 0 Å². The molecule has 1 unspecified atom stereocenters. The predicted octanol–water partition coefficient (Wildman–Crippen LogP) is 3.99. The molecule has 0 amide bonds. The van der Waals surface area contributed by atoms with Gasteiger partial charge < -0.3 is 20.6 Å². The number of aromatic nitrogens is 2. The molecular weight excluding hydrogens is 416 g/mol. The quantitative estimate of drug-likeness (QED) is 0.415. The molecule has 170 valence electrons. The molecule has 1 aliphatic carbocycles. The Morgan fingerprint density at radius 3 is 2.45 bits per heavy atom. The number of anilines is 1. The van der Waals surface area contributed by atoms with Gasteiger partial charge in [0.25, 0.3) is 5.56 Å². The molecule has 2 aromatic heterocycles. The van der Waals surface area contributed by atoms with Crippen molar-refractivity contribution >= 4 is 17.0 Å². The van der Waals surface area contributed by atoms with Crippen LogP contribution in [0.1, 0.15) is 31.7 Å². The van der Waals surface area contributed by atoms with E-state index in [0.29, 0.717) is 17.1 Å². The largest absolute Gasteiger partial charge is 0.437 e. The summed E-state index contributed by atoms with van der Waals surface area (Å²) in [6.45, 7) is 1.73. The smallest absolute Gasteiger partial charge is 0.266 e. The van der Waals surface area contributed by atoms with Crippen molar-refractivity contribution in [3.8, 4) is 22.5 Å². The third-order valence-corrected chi connectivity index (χ3v) is 6.61. The van der Waals surface area contributed by atoms with E-state index in [-0.39, 0.29) is 29.5 Å². The summed E-state index contributed by atoms with van der Waals surface area (Å²) in [5.74, 6) is 0.943. The van der Waals surface area contributed by atoms with Crippen molar-refractivity contribution in [1.82, 2.24) is 9.55 Å². The number of hydrogen-bond donors (Lipinski definition) is 3. The Balaban J connectivity index is 1.71. The molecule has 1 saturated carbocycles. The molecule has 0 spiro atoms. The van der Waals surface area contributed by atoms with E-state index in [2.05, 4.69) is 22.4 Å². The fourth-order valence-corrected chi connectivity index (χ4v) is 4.41. The summed E-state index contributed by atoms with van der Waals surface area (Å²) >= 11 is 0. The molecule has 2 aromatic carbocycles. The van der Waals surface area contributed by atoms with Gasteiger partial charge in [-0.1, -0.05) is 54.6 Å². The highest BCUT2D eigenvalue weighted by Crippen LogP contribution is 2.42. The van der Waals surface area contributed by atoms with E-state index in [1.54, 1.807) is 7.05 Å². The number of fused-ring (bicyclic) bond motifs is 1. The van der Waals surface area contributed by atoms with Gasteiger partial charge in [0.1, 0.15) is 11.1 Å². The second kappa shape index (κ2) is 8.17. The van der Waals surface area contributed by atoms with Gasteiger partial charge in [0.05, 0.1) is 6.61 Å². The van der Waals surface area contributed by atoms with E-state index in [4.69, 9.17) is 10.2 Å². The molecule has 7 nitrogen and oxygen atoms in total. The number of nitrogens with two attached hydrogens (primary N) is 1. The molecule has 7 heteroatoms. The summed E-state index contributed by atoms with van der Waals surface area (Å²) in [5, 5.41) is 12.9. The summed E-state index contributed by atoms with van der Waals surface area (Å²) in [5.41, 5.74) is 9.89. The number of furan rings is 1. The topological polar surface area (TPSA) is 106 Å². The van der Waals surface area contributed by atoms with Crippen LogP contribution in [-0.4, -0.2) is 27.3 Å². The van der Waals surface area contributed by atoms with Gasteiger partial charge in [0.15, 0.2) is 0 Å². The number of aliphatic hydroxyl groups is 1. The van der Waals surface area contributed by atoms with Crippen LogP contribution in [0.3, 0.4) is 0 Å². The van der Waals surface area contributed by atoms with E-state index < -0.39 is 0 Å². The Morgan fingerprint density at radius 1 is 1.15 bits per heavy atom. The van der Waals surface area contributed by atoms with E-state index in [0.717, 1.165) is 41.5 Å². The Hall–Kier alpha value is -3.42. The number of benzene rings is 2. The lowest BCUT2D eigenvalue weighted by Crippen LogP contribution is -2.43. The van der Waals surface area contributed by atoms with Crippen LogP contribution in [0.25, 0.3) is 33.6 Å². The predicted molar refractivity (Wildman–Crippen MR) is 130 cm³/mol. The maximum Gasteiger partial charge on any atom is 0.266 e. The average Bonchev–Trinajstić information content (AvgIpc) is 3.21. The molecule has 1 aliphatic rings. The highest BCUT2D eigenvalue weighted by atomic mass is 16.3. The first-order valence-electron chi connectivity index (χ1n) is 11.3. The van der Waals surface area contributed by atoms with Crippen molar-refractivity contribution in [2.75, 3.05) is 11.9 Å². The molecule has 4 aromatic rings.